The predicted octanol–water partition coefficient (Wildman–Crippen LogP) is 3.56. The third-order valence-corrected chi connectivity index (χ3v) is 8.16. The van der Waals surface area contributed by atoms with E-state index >= 15 is 0 Å². The standard InChI is InChI=1S/C22H31N3O4S/c1-2-17-5-8-20(9-6-17)30(26,27)25-13-3-4-18(16-25)7-10-21-23-22(29-24-21)19-11-14-28-15-12-19/h5-6,8-9,18-19H,2-4,7,10-16H2,1H3. The van der Waals surface area contributed by atoms with Crippen molar-refractivity contribution in [2.75, 3.05) is 26.3 Å². The van der Waals surface area contributed by atoms with Crippen LogP contribution >= 0.6 is 0 Å². The first-order valence-corrected chi connectivity index (χ1v) is 12.5. The molecule has 1 aromatic carbocycles. The summed E-state index contributed by atoms with van der Waals surface area (Å²) in [5.74, 6) is 2.06. The summed E-state index contributed by atoms with van der Waals surface area (Å²) in [6, 6.07) is 7.27. The number of benzene rings is 1. The molecule has 2 aliphatic rings. The first-order valence-electron chi connectivity index (χ1n) is 11.1. The number of sulfonamides is 1. The van der Waals surface area contributed by atoms with Crippen molar-refractivity contribution in [2.24, 2.45) is 5.92 Å². The van der Waals surface area contributed by atoms with Crippen LogP contribution in [0.15, 0.2) is 33.7 Å². The van der Waals surface area contributed by atoms with Crippen LogP contribution < -0.4 is 0 Å². The van der Waals surface area contributed by atoms with E-state index in [-0.39, 0.29) is 0 Å². The Morgan fingerprint density at radius 3 is 2.63 bits per heavy atom. The van der Waals surface area contributed by atoms with Gasteiger partial charge in [0.1, 0.15) is 0 Å². The molecule has 0 bridgehead atoms. The lowest BCUT2D eigenvalue weighted by atomic mass is 9.94. The van der Waals surface area contributed by atoms with Gasteiger partial charge in [0.05, 0.1) is 4.90 Å². The second-order valence-electron chi connectivity index (χ2n) is 8.34. The number of aromatic nitrogens is 2. The summed E-state index contributed by atoms with van der Waals surface area (Å²) in [7, 11) is -3.44. The summed E-state index contributed by atoms with van der Waals surface area (Å²) in [5, 5.41) is 4.15. The van der Waals surface area contributed by atoms with Crippen LogP contribution in [-0.4, -0.2) is 49.2 Å². The molecule has 2 aliphatic heterocycles. The van der Waals surface area contributed by atoms with Gasteiger partial charge in [-0.2, -0.15) is 9.29 Å². The van der Waals surface area contributed by atoms with Crippen molar-refractivity contribution in [3.63, 3.8) is 0 Å². The average molecular weight is 434 g/mol. The Morgan fingerprint density at radius 2 is 1.90 bits per heavy atom. The fraction of sp³-hybridized carbons (Fsp3) is 0.636. The van der Waals surface area contributed by atoms with Gasteiger partial charge in [0, 0.05) is 38.6 Å². The van der Waals surface area contributed by atoms with Crippen LogP contribution in [0.3, 0.4) is 0 Å². The molecule has 30 heavy (non-hydrogen) atoms. The van der Waals surface area contributed by atoms with E-state index in [0.29, 0.717) is 29.8 Å². The second kappa shape index (κ2) is 9.58. The van der Waals surface area contributed by atoms with E-state index in [1.54, 1.807) is 16.4 Å². The molecular weight excluding hydrogens is 402 g/mol. The molecule has 8 heteroatoms. The molecule has 2 fully saturated rings. The molecule has 1 atom stereocenters. The summed E-state index contributed by atoms with van der Waals surface area (Å²) in [4.78, 5) is 4.97. The maximum atomic E-state index is 13.1. The van der Waals surface area contributed by atoms with Crippen LogP contribution in [0.5, 0.6) is 0 Å². The minimum atomic E-state index is -3.44. The highest BCUT2D eigenvalue weighted by Crippen LogP contribution is 2.28. The molecule has 7 nitrogen and oxygen atoms in total. The van der Waals surface area contributed by atoms with Gasteiger partial charge in [0.25, 0.3) is 0 Å². The smallest absolute Gasteiger partial charge is 0.243 e. The molecule has 3 heterocycles. The molecular formula is C22H31N3O4S. The highest BCUT2D eigenvalue weighted by atomic mass is 32.2. The van der Waals surface area contributed by atoms with Crippen molar-refractivity contribution in [3.05, 3.63) is 41.5 Å². The van der Waals surface area contributed by atoms with Gasteiger partial charge in [0.2, 0.25) is 15.9 Å². The van der Waals surface area contributed by atoms with Gasteiger partial charge in [-0.15, -0.1) is 0 Å². The van der Waals surface area contributed by atoms with E-state index in [1.165, 1.54) is 0 Å². The number of piperidine rings is 1. The van der Waals surface area contributed by atoms with Crippen molar-refractivity contribution in [2.45, 2.75) is 62.7 Å². The molecule has 0 amide bonds. The lowest BCUT2D eigenvalue weighted by molar-refractivity contribution is 0.0778. The second-order valence-corrected chi connectivity index (χ2v) is 10.3. The Bertz CT molecular complexity index is 920. The summed E-state index contributed by atoms with van der Waals surface area (Å²) in [6.07, 6.45) is 6.26. The lowest BCUT2D eigenvalue weighted by Crippen LogP contribution is -2.40. The van der Waals surface area contributed by atoms with Crippen molar-refractivity contribution in [1.82, 2.24) is 14.4 Å². The average Bonchev–Trinajstić information content (AvgIpc) is 3.28. The first kappa shape index (κ1) is 21.5. The molecule has 4 rings (SSSR count). The SMILES string of the molecule is CCc1ccc(S(=O)(=O)N2CCCC(CCc3noc(C4CCOCC4)n3)C2)cc1. The molecule has 0 aliphatic carbocycles. The molecule has 2 saturated heterocycles. The molecule has 1 aromatic heterocycles. The molecule has 0 N–H and O–H groups in total. The van der Waals surface area contributed by atoms with Gasteiger partial charge in [-0.05, 0) is 62.1 Å². The number of nitrogens with zero attached hydrogens (tertiary/aromatic N) is 3. The van der Waals surface area contributed by atoms with Gasteiger partial charge in [-0.25, -0.2) is 8.42 Å². The van der Waals surface area contributed by atoms with E-state index in [1.807, 2.05) is 12.1 Å². The summed E-state index contributed by atoms with van der Waals surface area (Å²) in [5.41, 5.74) is 1.14. The molecule has 1 unspecified atom stereocenters. The minimum absolute atomic E-state index is 0.300. The highest BCUT2D eigenvalue weighted by Gasteiger charge is 2.30. The summed E-state index contributed by atoms with van der Waals surface area (Å²) >= 11 is 0. The lowest BCUT2D eigenvalue weighted by Gasteiger charge is -2.31. The third kappa shape index (κ3) is 4.92. The fourth-order valence-electron chi connectivity index (χ4n) is 4.34. The Hall–Kier alpha value is -1.77. The number of aryl methyl sites for hydroxylation is 2. The van der Waals surface area contributed by atoms with Crippen molar-refractivity contribution < 1.29 is 17.7 Å². The monoisotopic (exact) mass is 433 g/mol. The van der Waals surface area contributed by atoms with E-state index in [2.05, 4.69) is 17.1 Å². The van der Waals surface area contributed by atoms with Gasteiger partial charge < -0.3 is 9.26 Å². The Kier molecular flexibility index (Phi) is 6.85. The van der Waals surface area contributed by atoms with E-state index in [9.17, 15) is 8.42 Å². The zero-order chi connectivity index (χ0) is 21.0. The van der Waals surface area contributed by atoms with Crippen molar-refractivity contribution >= 4 is 10.0 Å². The van der Waals surface area contributed by atoms with Gasteiger partial charge in [-0.1, -0.05) is 24.2 Å². The molecule has 0 spiro atoms. The van der Waals surface area contributed by atoms with Crippen LogP contribution in [0.4, 0.5) is 0 Å². The third-order valence-electron chi connectivity index (χ3n) is 6.28. The predicted molar refractivity (Wildman–Crippen MR) is 113 cm³/mol. The maximum absolute atomic E-state index is 13.1. The molecule has 164 valence electrons. The number of ether oxygens (including phenoxy) is 1. The van der Waals surface area contributed by atoms with Gasteiger partial charge in [-0.3, -0.25) is 0 Å². The maximum Gasteiger partial charge on any atom is 0.243 e. The van der Waals surface area contributed by atoms with Crippen LogP contribution in [-0.2, 0) is 27.6 Å². The van der Waals surface area contributed by atoms with Crippen LogP contribution in [0.2, 0.25) is 0 Å². The zero-order valence-electron chi connectivity index (χ0n) is 17.6. The Labute approximate surface area is 178 Å². The topological polar surface area (TPSA) is 85.5 Å². The summed E-state index contributed by atoms with van der Waals surface area (Å²) < 4.78 is 38.6. The number of hydrogen-bond acceptors (Lipinski definition) is 6. The zero-order valence-corrected chi connectivity index (χ0v) is 18.4. The largest absolute Gasteiger partial charge is 0.381 e. The summed E-state index contributed by atoms with van der Waals surface area (Å²) in [6.45, 7) is 4.70. The number of rotatable bonds is 7. The van der Waals surface area contributed by atoms with Gasteiger partial charge >= 0.3 is 0 Å². The van der Waals surface area contributed by atoms with Gasteiger partial charge in [0.15, 0.2) is 5.82 Å². The minimum Gasteiger partial charge on any atom is -0.381 e. The Balaban J connectivity index is 1.34. The van der Waals surface area contributed by atoms with E-state index in [4.69, 9.17) is 9.26 Å². The first-order chi connectivity index (χ1) is 14.6. The van der Waals surface area contributed by atoms with Crippen LogP contribution in [0, 0.1) is 5.92 Å². The molecule has 0 radical (unpaired) electrons. The molecule has 0 saturated carbocycles. The van der Waals surface area contributed by atoms with Crippen LogP contribution in [0.25, 0.3) is 0 Å². The molecule has 2 aromatic rings. The quantitative estimate of drug-likeness (QED) is 0.664. The normalized spacial score (nSPS) is 21.7. The Morgan fingerprint density at radius 1 is 1.13 bits per heavy atom. The van der Waals surface area contributed by atoms with E-state index in [0.717, 1.165) is 75.4 Å². The highest BCUT2D eigenvalue weighted by molar-refractivity contribution is 7.89. The van der Waals surface area contributed by atoms with E-state index < -0.39 is 10.0 Å². The van der Waals surface area contributed by atoms with Crippen molar-refractivity contribution in [1.29, 1.82) is 0 Å². The van der Waals surface area contributed by atoms with Crippen LogP contribution in [0.1, 0.15) is 62.2 Å². The number of hydrogen-bond donors (Lipinski definition) is 0. The van der Waals surface area contributed by atoms with Crippen molar-refractivity contribution in [3.8, 4) is 0 Å². The fourth-order valence-corrected chi connectivity index (χ4v) is 5.89.